The molecule has 1 aliphatic rings. The second kappa shape index (κ2) is 11.4. The van der Waals surface area contributed by atoms with Gasteiger partial charge in [0.2, 0.25) is 7.42 Å². The molecule has 136 valence electrons. The summed E-state index contributed by atoms with van der Waals surface area (Å²) < 4.78 is 5.85. The van der Waals surface area contributed by atoms with Crippen molar-refractivity contribution in [3.63, 3.8) is 0 Å². The largest absolute Gasteiger partial charge is 0.494 e. The smallest absolute Gasteiger partial charge is 0.237 e. The number of rotatable bonds is 10. The van der Waals surface area contributed by atoms with Crippen molar-refractivity contribution in [2.24, 2.45) is 5.92 Å². The highest BCUT2D eigenvalue weighted by molar-refractivity contribution is 7.33. The van der Waals surface area contributed by atoms with Crippen LogP contribution in [0.15, 0.2) is 24.3 Å². The number of hydrogen-bond acceptors (Lipinski definition) is 1. The summed E-state index contributed by atoms with van der Waals surface area (Å²) in [7, 11) is -1.41. The van der Waals surface area contributed by atoms with Gasteiger partial charge in [-0.15, -0.1) is 0 Å². The van der Waals surface area contributed by atoms with Crippen LogP contribution in [0.5, 0.6) is 5.75 Å². The molecule has 0 atom stereocenters. The third-order valence-corrected chi connectivity index (χ3v) is 7.38. The SMILES string of the molecule is CCC[C@H]1CC[C@H](c2ccc(OCCCCC[SiH](Cl)Cl)cc2)CC1. The van der Waals surface area contributed by atoms with E-state index in [1.54, 1.807) is 0 Å². The molecule has 1 aliphatic carbocycles. The van der Waals surface area contributed by atoms with Crippen LogP contribution in [-0.4, -0.2) is 14.0 Å². The van der Waals surface area contributed by atoms with Gasteiger partial charge in [-0.2, -0.15) is 22.2 Å². The summed E-state index contributed by atoms with van der Waals surface area (Å²) >= 11 is 11.7. The molecular formula is C20H32Cl2OSi. The van der Waals surface area contributed by atoms with E-state index in [1.165, 1.54) is 44.1 Å². The summed E-state index contributed by atoms with van der Waals surface area (Å²) in [4.78, 5) is 0. The van der Waals surface area contributed by atoms with Gasteiger partial charge in [0, 0.05) is 0 Å². The highest BCUT2D eigenvalue weighted by atomic mass is 35.7. The molecule has 0 saturated heterocycles. The Morgan fingerprint density at radius 2 is 1.71 bits per heavy atom. The molecule has 1 fully saturated rings. The fourth-order valence-corrected chi connectivity index (χ4v) is 5.32. The number of benzene rings is 1. The van der Waals surface area contributed by atoms with Crippen LogP contribution < -0.4 is 4.74 Å². The van der Waals surface area contributed by atoms with Crippen molar-refractivity contribution in [3.8, 4) is 5.75 Å². The standard InChI is InChI=1S/C20H32Cl2OSi/c1-2-6-17-7-9-18(10-8-17)19-11-13-20(14-12-19)23-15-4-3-5-16-24(21)22/h11-14,17-18,24H,2-10,15-16H2,1H3/t17-,18-. The zero-order chi connectivity index (χ0) is 17.2. The molecule has 4 heteroatoms. The molecule has 0 amide bonds. The first-order valence-corrected chi connectivity index (χ1v) is 14.0. The number of halogens is 2. The number of unbranched alkanes of at least 4 members (excludes halogenated alkanes) is 2. The molecule has 1 aromatic carbocycles. The summed E-state index contributed by atoms with van der Waals surface area (Å²) in [6, 6.07) is 9.86. The van der Waals surface area contributed by atoms with Crippen LogP contribution in [0.3, 0.4) is 0 Å². The van der Waals surface area contributed by atoms with Crippen LogP contribution in [0.25, 0.3) is 0 Å². The maximum atomic E-state index is 5.86. The minimum atomic E-state index is -1.41. The molecule has 0 radical (unpaired) electrons. The third-order valence-electron chi connectivity index (χ3n) is 5.23. The fraction of sp³-hybridized carbons (Fsp3) is 0.700. The van der Waals surface area contributed by atoms with Crippen molar-refractivity contribution in [1.82, 2.24) is 0 Å². The molecule has 0 aliphatic heterocycles. The molecule has 0 N–H and O–H groups in total. The number of hydrogen-bond donors (Lipinski definition) is 0. The summed E-state index contributed by atoms with van der Waals surface area (Å²) in [6.07, 6.45) is 11.6. The monoisotopic (exact) mass is 386 g/mol. The molecule has 0 bridgehead atoms. The summed E-state index contributed by atoms with van der Waals surface area (Å²) in [5, 5.41) is 0. The van der Waals surface area contributed by atoms with Crippen LogP contribution in [0.2, 0.25) is 6.04 Å². The summed E-state index contributed by atoms with van der Waals surface area (Å²) in [5.41, 5.74) is 1.50. The Balaban J connectivity index is 1.66. The first-order valence-electron chi connectivity index (χ1n) is 9.70. The lowest BCUT2D eigenvalue weighted by atomic mass is 9.77. The van der Waals surface area contributed by atoms with Gasteiger partial charge in [0.15, 0.2) is 0 Å². The topological polar surface area (TPSA) is 9.23 Å². The van der Waals surface area contributed by atoms with Crippen LogP contribution in [0, 0.1) is 5.92 Å². The Morgan fingerprint density at radius 1 is 1.00 bits per heavy atom. The van der Waals surface area contributed by atoms with E-state index in [4.69, 9.17) is 26.9 Å². The van der Waals surface area contributed by atoms with Gasteiger partial charge in [-0.3, -0.25) is 0 Å². The zero-order valence-electron chi connectivity index (χ0n) is 15.0. The lowest BCUT2D eigenvalue weighted by molar-refractivity contribution is 0.303. The van der Waals surface area contributed by atoms with Gasteiger partial charge in [-0.25, -0.2) is 0 Å². The predicted molar refractivity (Wildman–Crippen MR) is 109 cm³/mol. The first-order chi connectivity index (χ1) is 11.7. The average molecular weight is 387 g/mol. The predicted octanol–water partition coefficient (Wildman–Crippen LogP) is 7.01. The molecule has 0 unspecified atom stereocenters. The summed E-state index contributed by atoms with van der Waals surface area (Å²) in [5.74, 6) is 2.74. The van der Waals surface area contributed by atoms with E-state index in [1.807, 2.05) is 0 Å². The van der Waals surface area contributed by atoms with Gasteiger partial charge in [-0.1, -0.05) is 44.7 Å². The van der Waals surface area contributed by atoms with Crippen molar-refractivity contribution < 1.29 is 4.74 Å². The molecule has 0 spiro atoms. The second-order valence-electron chi connectivity index (χ2n) is 7.16. The molecule has 1 aromatic rings. The maximum Gasteiger partial charge on any atom is 0.237 e. The van der Waals surface area contributed by atoms with Gasteiger partial charge in [0.05, 0.1) is 6.61 Å². The lowest BCUT2D eigenvalue weighted by Crippen LogP contribution is -2.13. The van der Waals surface area contributed by atoms with E-state index in [-0.39, 0.29) is 0 Å². The van der Waals surface area contributed by atoms with Crippen molar-refractivity contribution in [1.29, 1.82) is 0 Å². The Kier molecular flexibility index (Phi) is 9.59. The van der Waals surface area contributed by atoms with Gasteiger partial charge < -0.3 is 4.74 Å². The Hall–Kier alpha value is -0.183. The highest BCUT2D eigenvalue weighted by Crippen LogP contribution is 2.37. The summed E-state index contributed by atoms with van der Waals surface area (Å²) in [6.45, 7) is 3.09. The molecule has 0 aromatic heterocycles. The van der Waals surface area contributed by atoms with Crippen LogP contribution >= 0.6 is 22.2 Å². The Labute approximate surface area is 159 Å². The van der Waals surface area contributed by atoms with E-state index in [0.29, 0.717) is 0 Å². The van der Waals surface area contributed by atoms with Crippen molar-refractivity contribution in [3.05, 3.63) is 29.8 Å². The van der Waals surface area contributed by atoms with E-state index in [9.17, 15) is 0 Å². The van der Waals surface area contributed by atoms with Crippen LogP contribution in [0.1, 0.15) is 76.2 Å². The molecule has 1 nitrogen and oxygen atoms in total. The van der Waals surface area contributed by atoms with E-state index < -0.39 is 7.42 Å². The van der Waals surface area contributed by atoms with Gasteiger partial charge in [0.1, 0.15) is 5.75 Å². The fourth-order valence-electron chi connectivity index (χ4n) is 3.80. The maximum absolute atomic E-state index is 5.86. The minimum Gasteiger partial charge on any atom is -0.494 e. The minimum absolute atomic E-state index is 0.760. The van der Waals surface area contributed by atoms with Crippen LogP contribution in [-0.2, 0) is 0 Å². The number of ether oxygens (including phenoxy) is 1. The van der Waals surface area contributed by atoms with Gasteiger partial charge >= 0.3 is 0 Å². The molecule has 1 saturated carbocycles. The van der Waals surface area contributed by atoms with Gasteiger partial charge in [-0.05, 0) is 67.7 Å². The molecule has 2 rings (SSSR count). The van der Waals surface area contributed by atoms with Crippen molar-refractivity contribution in [2.75, 3.05) is 6.61 Å². The lowest BCUT2D eigenvalue weighted by Gasteiger charge is -2.28. The van der Waals surface area contributed by atoms with E-state index in [0.717, 1.165) is 49.5 Å². The van der Waals surface area contributed by atoms with E-state index >= 15 is 0 Å². The quantitative estimate of drug-likeness (QED) is 0.238. The third kappa shape index (κ3) is 7.37. The first kappa shape index (κ1) is 20.1. The molecule has 0 heterocycles. The van der Waals surface area contributed by atoms with E-state index in [2.05, 4.69) is 31.2 Å². The zero-order valence-corrected chi connectivity index (χ0v) is 17.7. The van der Waals surface area contributed by atoms with Gasteiger partial charge in [0.25, 0.3) is 0 Å². The van der Waals surface area contributed by atoms with Crippen LogP contribution in [0.4, 0.5) is 0 Å². The highest BCUT2D eigenvalue weighted by Gasteiger charge is 2.21. The van der Waals surface area contributed by atoms with Crippen molar-refractivity contribution >= 4 is 29.6 Å². The molecular weight excluding hydrogens is 355 g/mol. The normalized spacial score (nSPS) is 21.2. The van der Waals surface area contributed by atoms with Crippen molar-refractivity contribution in [2.45, 2.75) is 76.7 Å². The Bertz CT molecular complexity index is 441. The molecule has 24 heavy (non-hydrogen) atoms. The average Bonchev–Trinajstić information content (AvgIpc) is 2.59. The second-order valence-corrected chi connectivity index (χ2v) is 12.4. The Morgan fingerprint density at radius 3 is 2.33 bits per heavy atom.